The van der Waals surface area contributed by atoms with Crippen LogP contribution in [0.25, 0.3) is 0 Å². The molecule has 82 valence electrons. The van der Waals surface area contributed by atoms with E-state index in [1.165, 1.54) is 0 Å². The minimum absolute atomic E-state index is 0.0800. The average Bonchev–Trinajstić information content (AvgIpc) is 2.21. The van der Waals surface area contributed by atoms with Gasteiger partial charge in [-0.3, -0.25) is 4.79 Å². The number of rotatable bonds is 8. The number of nitrogens with one attached hydrogen (secondary N) is 1. The molecule has 3 heteroatoms. The van der Waals surface area contributed by atoms with E-state index < -0.39 is 0 Å². The summed E-state index contributed by atoms with van der Waals surface area (Å²) < 4.78 is 0. The summed E-state index contributed by atoms with van der Waals surface area (Å²) >= 11 is 0. The van der Waals surface area contributed by atoms with Gasteiger partial charge in [-0.2, -0.15) is 0 Å². The van der Waals surface area contributed by atoms with Crippen LogP contribution in [0.4, 0.5) is 0 Å². The summed E-state index contributed by atoms with van der Waals surface area (Å²) in [6.07, 6.45) is 6.24. The van der Waals surface area contributed by atoms with E-state index in [4.69, 9.17) is 5.73 Å². The third-order valence-electron chi connectivity index (χ3n) is 2.13. The number of allylic oxidation sites excluding steroid dienone is 1. The molecule has 0 aromatic heterocycles. The van der Waals surface area contributed by atoms with Gasteiger partial charge in [-0.05, 0) is 12.8 Å². The first-order chi connectivity index (χ1) is 6.74. The van der Waals surface area contributed by atoms with E-state index in [-0.39, 0.29) is 11.9 Å². The van der Waals surface area contributed by atoms with E-state index in [0.717, 1.165) is 25.7 Å². The summed E-state index contributed by atoms with van der Waals surface area (Å²) in [6.45, 7) is 6.24. The van der Waals surface area contributed by atoms with Crippen LogP contribution in [0.1, 0.15) is 39.0 Å². The Labute approximate surface area is 86.8 Å². The molecule has 0 radical (unpaired) electrons. The van der Waals surface area contributed by atoms with Crippen LogP contribution in [-0.2, 0) is 4.79 Å². The molecule has 1 unspecified atom stereocenters. The Hall–Kier alpha value is -0.830. The zero-order valence-electron chi connectivity index (χ0n) is 9.09. The lowest BCUT2D eigenvalue weighted by molar-refractivity contribution is -0.121. The Morgan fingerprint density at radius 2 is 2.36 bits per heavy atom. The second kappa shape index (κ2) is 8.75. The van der Waals surface area contributed by atoms with Crippen molar-refractivity contribution in [1.82, 2.24) is 5.32 Å². The van der Waals surface area contributed by atoms with E-state index >= 15 is 0 Å². The Bertz CT molecular complexity index is 169. The van der Waals surface area contributed by atoms with Gasteiger partial charge in [0.2, 0.25) is 5.91 Å². The standard InChI is InChI=1S/C11H22N2O/c1-3-5-7-10(9-12)13-11(14)8-6-4-2/h4,10H,2-3,5-9,12H2,1H3,(H,13,14). The molecule has 0 fully saturated rings. The Morgan fingerprint density at radius 1 is 1.64 bits per heavy atom. The molecular formula is C11H22N2O. The lowest BCUT2D eigenvalue weighted by Gasteiger charge is -2.15. The van der Waals surface area contributed by atoms with Crippen LogP contribution in [0.3, 0.4) is 0 Å². The first-order valence-corrected chi connectivity index (χ1v) is 5.34. The molecule has 0 aliphatic carbocycles. The SMILES string of the molecule is C=CCCC(=O)NC(CN)CCCC. The summed E-state index contributed by atoms with van der Waals surface area (Å²) in [6, 6.07) is 0.146. The molecule has 1 amide bonds. The van der Waals surface area contributed by atoms with Gasteiger partial charge < -0.3 is 11.1 Å². The van der Waals surface area contributed by atoms with E-state index in [0.29, 0.717) is 13.0 Å². The van der Waals surface area contributed by atoms with Crippen LogP contribution in [0.5, 0.6) is 0 Å². The fourth-order valence-corrected chi connectivity index (χ4v) is 1.23. The van der Waals surface area contributed by atoms with Crippen LogP contribution in [0.15, 0.2) is 12.7 Å². The number of nitrogens with two attached hydrogens (primary N) is 1. The Kier molecular flexibility index (Phi) is 8.24. The smallest absolute Gasteiger partial charge is 0.220 e. The lowest BCUT2D eigenvalue weighted by atomic mass is 10.1. The molecule has 0 rings (SSSR count). The molecule has 3 N–H and O–H groups in total. The van der Waals surface area contributed by atoms with Crippen LogP contribution in [-0.4, -0.2) is 18.5 Å². The third kappa shape index (κ3) is 6.66. The average molecular weight is 198 g/mol. The van der Waals surface area contributed by atoms with Crippen molar-refractivity contribution in [2.75, 3.05) is 6.54 Å². The predicted octanol–water partition coefficient (Wildman–Crippen LogP) is 1.59. The van der Waals surface area contributed by atoms with Gasteiger partial charge in [0.25, 0.3) is 0 Å². The third-order valence-corrected chi connectivity index (χ3v) is 2.13. The molecule has 0 saturated carbocycles. The van der Waals surface area contributed by atoms with Crippen molar-refractivity contribution in [1.29, 1.82) is 0 Å². The van der Waals surface area contributed by atoms with Crippen LogP contribution in [0.2, 0.25) is 0 Å². The quantitative estimate of drug-likeness (QED) is 0.582. The van der Waals surface area contributed by atoms with E-state index in [2.05, 4.69) is 18.8 Å². The van der Waals surface area contributed by atoms with Gasteiger partial charge >= 0.3 is 0 Å². The van der Waals surface area contributed by atoms with E-state index in [1.54, 1.807) is 6.08 Å². The zero-order chi connectivity index (χ0) is 10.8. The summed E-state index contributed by atoms with van der Waals surface area (Å²) in [5.74, 6) is 0.0800. The largest absolute Gasteiger partial charge is 0.352 e. The van der Waals surface area contributed by atoms with Crippen LogP contribution < -0.4 is 11.1 Å². The highest BCUT2D eigenvalue weighted by molar-refractivity contribution is 5.76. The highest BCUT2D eigenvalue weighted by Gasteiger charge is 2.08. The molecule has 0 spiro atoms. The van der Waals surface area contributed by atoms with Gasteiger partial charge in [0.05, 0.1) is 0 Å². The van der Waals surface area contributed by atoms with Crippen LogP contribution >= 0.6 is 0 Å². The normalized spacial score (nSPS) is 12.1. The second-order valence-electron chi connectivity index (χ2n) is 3.47. The topological polar surface area (TPSA) is 55.1 Å². The van der Waals surface area contributed by atoms with Gasteiger partial charge in [0.15, 0.2) is 0 Å². The summed E-state index contributed by atoms with van der Waals surface area (Å²) in [4.78, 5) is 11.3. The van der Waals surface area contributed by atoms with Gasteiger partial charge in [-0.1, -0.05) is 25.8 Å². The maximum Gasteiger partial charge on any atom is 0.220 e. The molecule has 14 heavy (non-hydrogen) atoms. The number of hydrogen-bond acceptors (Lipinski definition) is 2. The minimum atomic E-state index is 0.0800. The number of hydrogen-bond donors (Lipinski definition) is 2. The zero-order valence-corrected chi connectivity index (χ0v) is 9.09. The number of amides is 1. The molecule has 0 saturated heterocycles. The maximum atomic E-state index is 11.3. The summed E-state index contributed by atoms with van der Waals surface area (Å²) in [5, 5.41) is 2.92. The molecule has 0 aromatic carbocycles. The van der Waals surface area contributed by atoms with Gasteiger partial charge in [-0.15, -0.1) is 6.58 Å². The fourth-order valence-electron chi connectivity index (χ4n) is 1.23. The first kappa shape index (κ1) is 13.2. The van der Waals surface area contributed by atoms with Crippen molar-refractivity contribution in [3.8, 4) is 0 Å². The lowest BCUT2D eigenvalue weighted by Crippen LogP contribution is -2.39. The van der Waals surface area contributed by atoms with Crippen molar-refractivity contribution in [2.24, 2.45) is 5.73 Å². The van der Waals surface area contributed by atoms with E-state index in [1.807, 2.05) is 0 Å². The molecule has 0 aromatic rings. The predicted molar refractivity (Wildman–Crippen MR) is 59.9 cm³/mol. The second-order valence-corrected chi connectivity index (χ2v) is 3.47. The maximum absolute atomic E-state index is 11.3. The summed E-state index contributed by atoms with van der Waals surface area (Å²) in [7, 11) is 0. The number of carbonyl (C=O) groups is 1. The Morgan fingerprint density at radius 3 is 2.86 bits per heavy atom. The minimum Gasteiger partial charge on any atom is -0.352 e. The van der Waals surface area contributed by atoms with Crippen molar-refractivity contribution in [2.45, 2.75) is 45.1 Å². The van der Waals surface area contributed by atoms with Gasteiger partial charge in [0, 0.05) is 19.0 Å². The molecular weight excluding hydrogens is 176 g/mol. The first-order valence-electron chi connectivity index (χ1n) is 5.34. The van der Waals surface area contributed by atoms with Crippen molar-refractivity contribution in [3.05, 3.63) is 12.7 Å². The van der Waals surface area contributed by atoms with Crippen LogP contribution in [0, 0.1) is 0 Å². The molecule has 3 nitrogen and oxygen atoms in total. The highest BCUT2D eigenvalue weighted by atomic mass is 16.1. The number of carbonyl (C=O) groups excluding carboxylic acids is 1. The Balaban J connectivity index is 3.67. The highest BCUT2D eigenvalue weighted by Crippen LogP contribution is 2.00. The van der Waals surface area contributed by atoms with Gasteiger partial charge in [0.1, 0.15) is 0 Å². The monoisotopic (exact) mass is 198 g/mol. The molecule has 0 aliphatic rings. The van der Waals surface area contributed by atoms with E-state index in [9.17, 15) is 4.79 Å². The van der Waals surface area contributed by atoms with Crippen molar-refractivity contribution < 1.29 is 4.79 Å². The van der Waals surface area contributed by atoms with Gasteiger partial charge in [-0.25, -0.2) is 0 Å². The summed E-state index contributed by atoms with van der Waals surface area (Å²) in [5.41, 5.74) is 5.56. The fraction of sp³-hybridized carbons (Fsp3) is 0.727. The molecule has 0 bridgehead atoms. The molecule has 1 atom stereocenters. The van der Waals surface area contributed by atoms with Crippen molar-refractivity contribution >= 4 is 5.91 Å². The number of unbranched alkanes of at least 4 members (excludes halogenated alkanes) is 1. The molecule has 0 heterocycles. The van der Waals surface area contributed by atoms with Crippen molar-refractivity contribution in [3.63, 3.8) is 0 Å². The molecule has 0 aliphatic heterocycles.